The molecule has 0 radical (unpaired) electrons. The first kappa shape index (κ1) is 34.0. The van der Waals surface area contributed by atoms with Crippen LogP contribution in [0.1, 0.15) is 27.8 Å². The van der Waals surface area contributed by atoms with Gasteiger partial charge in [-0.15, -0.1) is 40.8 Å². The Morgan fingerprint density at radius 1 is 0.694 bits per heavy atom. The van der Waals surface area contributed by atoms with Crippen molar-refractivity contribution in [3.63, 3.8) is 0 Å². The maximum absolute atomic E-state index is 6.49. The number of pyridine rings is 1. The largest absolute Gasteiger partial charge is 2.00 e. The summed E-state index contributed by atoms with van der Waals surface area (Å²) in [5, 5.41) is 7.41. The molecule has 7 nitrogen and oxygen atoms in total. The Morgan fingerprint density at radius 3 is 2.18 bits per heavy atom. The van der Waals surface area contributed by atoms with Crippen LogP contribution >= 0.6 is 0 Å². The Kier molecular flexibility index (Phi) is 9.15. The van der Waals surface area contributed by atoms with Gasteiger partial charge in [-0.3, -0.25) is 0 Å². The van der Waals surface area contributed by atoms with Crippen molar-refractivity contribution in [2.75, 3.05) is 38.0 Å². The van der Waals surface area contributed by atoms with Crippen molar-refractivity contribution in [3.05, 3.63) is 119 Å². The van der Waals surface area contributed by atoms with Crippen molar-refractivity contribution in [1.82, 2.24) is 19.3 Å². The Balaban J connectivity index is 0.00000417. The van der Waals surface area contributed by atoms with Crippen LogP contribution < -0.4 is 14.5 Å². The Labute approximate surface area is 302 Å². The first-order valence-corrected chi connectivity index (χ1v) is 16.2. The molecule has 0 atom stereocenters. The topological polar surface area (TPSA) is 51.4 Å². The SMILES string of the molecule is Cc1ccnc(-n2c3[c-]c(Oc4[c-]c(-n5nc(N(C)C)c(-c6c(C)cc(C)c(C)c6C)c5N(C)C)ccc4)ccc3c3ccccc32)c1.[Pd+2]. The van der Waals surface area contributed by atoms with Gasteiger partial charge in [0, 0.05) is 51.4 Å². The van der Waals surface area contributed by atoms with E-state index in [-0.39, 0.29) is 20.4 Å². The maximum Gasteiger partial charge on any atom is 2.00 e. The molecule has 4 aromatic carbocycles. The fraction of sp³-hybridized carbons (Fsp3) is 0.220. The Morgan fingerprint density at radius 2 is 1.45 bits per heavy atom. The molecule has 0 amide bonds. The number of anilines is 2. The summed E-state index contributed by atoms with van der Waals surface area (Å²) in [6.45, 7) is 10.9. The summed E-state index contributed by atoms with van der Waals surface area (Å²) in [4.78, 5) is 8.92. The Bertz CT molecular complexity index is 2350. The number of para-hydroxylation sites is 1. The number of rotatable bonds is 7. The van der Waals surface area contributed by atoms with Crippen LogP contribution in [-0.4, -0.2) is 47.5 Å². The van der Waals surface area contributed by atoms with Gasteiger partial charge in [0.05, 0.1) is 5.56 Å². The molecular weight excluding hydrogens is 699 g/mol. The second-order valence-electron chi connectivity index (χ2n) is 13.0. The predicted octanol–water partition coefficient (Wildman–Crippen LogP) is 9.10. The van der Waals surface area contributed by atoms with Gasteiger partial charge in [-0.05, 0) is 97.3 Å². The molecule has 0 N–H and O–H groups in total. The zero-order valence-corrected chi connectivity index (χ0v) is 31.0. The van der Waals surface area contributed by atoms with Crippen molar-refractivity contribution in [1.29, 1.82) is 0 Å². The van der Waals surface area contributed by atoms with Crippen LogP contribution in [0.2, 0.25) is 0 Å². The normalized spacial score (nSPS) is 11.2. The number of ether oxygens (including phenoxy) is 1. The van der Waals surface area contributed by atoms with Crippen LogP contribution in [0.15, 0.2) is 79.0 Å². The van der Waals surface area contributed by atoms with Gasteiger partial charge in [-0.25, -0.2) is 9.67 Å². The number of aromatic nitrogens is 4. The first-order chi connectivity index (χ1) is 23.0. The third kappa shape index (κ3) is 5.90. The molecule has 3 heterocycles. The van der Waals surface area contributed by atoms with Crippen LogP contribution in [0.5, 0.6) is 11.5 Å². The van der Waals surface area contributed by atoms with E-state index in [1.54, 1.807) is 0 Å². The van der Waals surface area contributed by atoms with Gasteiger partial charge in [0.15, 0.2) is 5.82 Å². The third-order valence-corrected chi connectivity index (χ3v) is 9.18. The molecule has 7 rings (SSSR count). The average molecular weight is 739 g/mol. The number of nitrogens with zero attached hydrogens (tertiary/aromatic N) is 6. The van der Waals surface area contributed by atoms with E-state index in [1.165, 1.54) is 27.8 Å². The molecule has 0 saturated heterocycles. The van der Waals surface area contributed by atoms with Gasteiger partial charge in [-0.2, -0.15) is 12.1 Å². The fourth-order valence-corrected chi connectivity index (χ4v) is 6.74. The predicted molar refractivity (Wildman–Crippen MR) is 198 cm³/mol. The quantitative estimate of drug-likeness (QED) is 0.121. The van der Waals surface area contributed by atoms with Crippen molar-refractivity contribution in [3.8, 4) is 34.1 Å². The molecule has 0 fully saturated rings. The second kappa shape index (κ2) is 13.2. The molecule has 0 spiro atoms. The van der Waals surface area contributed by atoms with Crippen molar-refractivity contribution >= 4 is 33.4 Å². The van der Waals surface area contributed by atoms with Crippen molar-refractivity contribution in [2.24, 2.45) is 0 Å². The maximum atomic E-state index is 6.49. The van der Waals surface area contributed by atoms with E-state index in [2.05, 4.69) is 118 Å². The minimum atomic E-state index is 0. The fourth-order valence-electron chi connectivity index (χ4n) is 6.74. The molecular formula is C41H40N6OPd. The van der Waals surface area contributed by atoms with Gasteiger partial charge < -0.3 is 19.1 Å². The van der Waals surface area contributed by atoms with Crippen LogP contribution in [0.3, 0.4) is 0 Å². The molecule has 3 aromatic heterocycles. The number of aryl methyl sites for hydroxylation is 3. The van der Waals surface area contributed by atoms with Crippen molar-refractivity contribution < 1.29 is 25.2 Å². The molecule has 0 aliphatic heterocycles. The standard InChI is InChI=1S/C41H40N6O.Pd/c1-25-19-20-42-37(21-25)46-35-16-11-10-15-33(35)34-18-17-32(24-36(34)46)48-31-14-12-13-30(23-31)47-41(45(8)9)39(40(43-47)44(6)7)38-27(3)22-26(2)28(4)29(38)5;/h10-22H,1-9H3;/q-2;+2. The molecule has 7 aromatic rings. The molecule has 250 valence electrons. The zero-order valence-electron chi connectivity index (χ0n) is 29.4. The summed E-state index contributed by atoms with van der Waals surface area (Å²) in [6.07, 6.45) is 1.85. The number of benzene rings is 4. The zero-order chi connectivity index (χ0) is 33.9. The van der Waals surface area contributed by atoms with Gasteiger partial charge in [0.2, 0.25) is 0 Å². The molecule has 8 heteroatoms. The van der Waals surface area contributed by atoms with Crippen molar-refractivity contribution in [2.45, 2.75) is 34.6 Å². The number of hydrogen-bond donors (Lipinski definition) is 0. The van der Waals surface area contributed by atoms with Gasteiger partial charge >= 0.3 is 20.4 Å². The number of fused-ring (bicyclic) bond motifs is 3. The second-order valence-corrected chi connectivity index (χ2v) is 13.0. The minimum absolute atomic E-state index is 0. The van der Waals surface area contributed by atoms with Crippen LogP contribution in [0.25, 0.3) is 44.4 Å². The summed E-state index contributed by atoms with van der Waals surface area (Å²) in [5.74, 6) is 3.89. The average Bonchev–Trinajstić information content (AvgIpc) is 3.61. The van der Waals surface area contributed by atoms with E-state index in [9.17, 15) is 0 Å². The van der Waals surface area contributed by atoms with Crippen LogP contribution in [0, 0.1) is 46.8 Å². The molecule has 49 heavy (non-hydrogen) atoms. The van der Waals surface area contributed by atoms with E-state index < -0.39 is 0 Å². The monoisotopic (exact) mass is 738 g/mol. The van der Waals surface area contributed by atoms with Gasteiger partial charge in [0.25, 0.3) is 0 Å². The van der Waals surface area contributed by atoms with Gasteiger partial charge in [-0.1, -0.05) is 29.8 Å². The van der Waals surface area contributed by atoms with Gasteiger partial charge in [0.1, 0.15) is 11.6 Å². The van der Waals surface area contributed by atoms with E-state index >= 15 is 0 Å². The van der Waals surface area contributed by atoms with Crippen LogP contribution in [-0.2, 0) is 20.4 Å². The summed E-state index contributed by atoms with van der Waals surface area (Å²) in [7, 11) is 8.22. The van der Waals surface area contributed by atoms with E-state index in [0.717, 1.165) is 56.1 Å². The summed E-state index contributed by atoms with van der Waals surface area (Å²) < 4.78 is 10.6. The molecule has 0 saturated carbocycles. The van der Waals surface area contributed by atoms with E-state index in [0.29, 0.717) is 11.5 Å². The number of hydrogen-bond acceptors (Lipinski definition) is 5. The molecule has 0 unspecified atom stereocenters. The molecule has 0 aliphatic rings. The smallest absolute Gasteiger partial charge is 0.509 e. The first-order valence-electron chi connectivity index (χ1n) is 16.2. The third-order valence-electron chi connectivity index (χ3n) is 9.18. The van der Waals surface area contributed by atoms with E-state index in [1.807, 2.05) is 55.3 Å². The Hall–Kier alpha value is -4.90. The van der Waals surface area contributed by atoms with E-state index in [4.69, 9.17) is 14.8 Å². The molecule has 0 bridgehead atoms. The molecule has 0 aliphatic carbocycles. The minimum Gasteiger partial charge on any atom is -0.509 e. The summed E-state index contributed by atoms with van der Waals surface area (Å²) in [5.41, 5.74) is 11.3. The van der Waals surface area contributed by atoms with Crippen LogP contribution in [0.4, 0.5) is 11.6 Å². The summed E-state index contributed by atoms with van der Waals surface area (Å²) >= 11 is 0. The summed E-state index contributed by atoms with van der Waals surface area (Å²) in [6, 6.07) is 31.8.